The van der Waals surface area contributed by atoms with E-state index in [-0.39, 0.29) is 5.92 Å². The molecule has 148 valence electrons. The minimum Gasteiger partial charge on any atom is -0.459 e. The summed E-state index contributed by atoms with van der Waals surface area (Å²) in [6, 6.07) is 0. The van der Waals surface area contributed by atoms with Crippen LogP contribution in [0.1, 0.15) is 80.1 Å². The third-order valence-corrected chi connectivity index (χ3v) is 4.39. The van der Waals surface area contributed by atoms with Gasteiger partial charge in [0.1, 0.15) is 11.2 Å². The molecule has 1 unspecified atom stereocenters. The van der Waals surface area contributed by atoms with Crippen LogP contribution in [0.15, 0.2) is 24.8 Å². The minimum atomic E-state index is -1.31. The Kier molecular flexibility index (Phi) is 7.67. The smallest absolute Gasteiger partial charge is 0.324 e. The van der Waals surface area contributed by atoms with Crippen molar-refractivity contribution in [1.82, 2.24) is 0 Å². The molecule has 0 radical (unpaired) electrons. The third kappa shape index (κ3) is 6.30. The summed E-state index contributed by atoms with van der Waals surface area (Å²) in [6.45, 7) is 14.7. The standard InChI is InChI=1S/C22H36O4/c1-8-9-13-16-22(17-14-11-10-12-15-17,18(23)25-20(2,3)4)19(24)26-21(5,6)7/h8,11,14,17H,1,9-10,12-13,15-16H2,2-7H3. The summed E-state index contributed by atoms with van der Waals surface area (Å²) in [7, 11) is 0. The van der Waals surface area contributed by atoms with Crippen LogP contribution < -0.4 is 0 Å². The molecule has 0 aromatic rings. The second kappa shape index (κ2) is 8.88. The number of unbranched alkanes of at least 4 members (excludes halogenated alkanes) is 1. The molecule has 0 heterocycles. The highest BCUT2D eigenvalue weighted by molar-refractivity contribution is 6.01. The molecule has 26 heavy (non-hydrogen) atoms. The normalized spacial score (nSPS) is 18.3. The number of rotatable bonds is 7. The molecule has 0 fully saturated rings. The van der Waals surface area contributed by atoms with E-state index in [2.05, 4.69) is 12.7 Å². The number of ether oxygens (including phenoxy) is 2. The molecular formula is C22H36O4. The molecule has 4 heteroatoms. The van der Waals surface area contributed by atoms with E-state index in [1.165, 1.54) is 0 Å². The molecule has 0 saturated carbocycles. The summed E-state index contributed by atoms with van der Waals surface area (Å²) < 4.78 is 11.4. The van der Waals surface area contributed by atoms with Crippen LogP contribution in [0.4, 0.5) is 0 Å². The van der Waals surface area contributed by atoms with Gasteiger partial charge in [0.25, 0.3) is 0 Å². The van der Waals surface area contributed by atoms with E-state index in [1.54, 1.807) is 0 Å². The average Bonchev–Trinajstić information content (AvgIpc) is 2.49. The zero-order valence-electron chi connectivity index (χ0n) is 17.4. The van der Waals surface area contributed by atoms with Gasteiger partial charge in [-0.05, 0) is 80.1 Å². The van der Waals surface area contributed by atoms with Crippen molar-refractivity contribution in [2.75, 3.05) is 0 Å². The minimum absolute atomic E-state index is 0.203. The van der Waals surface area contributed by atoms with Crippen molar-refractivity contribution >= 4 is 11.9 Å². The summed E-state index contributed by atoms with van der Waals surface area (Å²) in [5.74, 6) is -1.15. The number of hydrogen-bond donors (Lipinski definition) is 0. The quantitative estimate of drug-likeness (QED) is 0.264. The van der Waals surface area contributed by atoms with Gasteiger partial charge in [0.2, 0.25) is 0 Å². The Balaban J connectivity index is 3.36. The molecule has 0 aliphatic heterocycles. The Labute approximate surface area is 159 Å². The molecule has 4 nitrogen and oxygen atoms in total. The van der Waals surface area contributed by atoms with E-state index < -0.39 is 28.6 Å². The summed E-state index contributed by atoms with van der Waals surface area (Å²) in [6.07, 6.45) is 10.4. The molecule has 1 aliphatic rings. The molecule has 1 rings (SSSR count). The molecule has 0 aromatic heterocycles. The van der Waals surface area contributed by atoms with E-state index in [9.17, 15) is 9.59 Å². The maximum Gasteiger partial charge on any atom is 0.324 e. The maximum atomic E-state index is 13.3. The van der Waals surface area contributed by atoms with Crippen LogP contribution in [0.2, 0.25) is 0 Å². The number of allylic oxidation sites excluding steroid dienone is 3. The number of carbonyl (C=O) groups excluding carboxylic acids is 2. The number of hydrogen-bond acceptors (Lipinski definition) is 4. The number of esters is 2. The fraction of sp³-hybridized carbons (Fsp3) is 0.727. The van der Waals surface area contributed by atoms with Gasteiger partial charge >= 0.3 is 11.9 Å². The highest BCUT2D eigenvalue weighted by Gasteiger charge is 2.55. The molecule has 1 aliphatic carbocycles. The molecule has 0 bridgehead atoms. The highest BCUT2D eigenvalue weighted by Crippen LogP contribution is 2.43. The zero-order chi connectivity index (χ0) is 20.0. The van der Waals surface area contributed by atoms with Gasteiger partial charge in [0, 0.05) is 5.92 Å². The van der Waals surface area contributed by atoms with Crippen LogP contribution >= 0.6 is 0 Å². The van der Waals surface area contributed by atoms with E-state index in [0.717, 1.165) is 25.7 Å². The van der Waals surface area contributed by atoms with Crippen molar-refractivity contribution in [3.05, 3.63) is 24.8 Å². The van der Waals surface area contributed by atoms with Gasteiger partial charge in [0.05, 0.1) is 0 Å². The lowest BCUT2D eigenvalue weighted by Gasteiger charge is -2.39. The van der Waals surface area contributed by atoms with Gasteiger partial charge < -0.3 is 9.47 Å². The molecule has 0 spiro atoms. The Morgan fingerprint density at radius 1 is 1.08 bits per heavy atom. The van der Waals surface area contributed by atoms with Crippen molar-refractivity contribution < 1.29 is 19.1 Å². The number of carbonyl (C=O) groups is 2. The predicted octanol–water partition coefficient (Wildman–Crippen LogP) is 5.37. The Morgan fingerprint density at radius 2 is 1.62 bits per heavy atom. The van der Waals surface area contributed by atoms with E-state index in [1.807, 2.05) is 53.7 Å². The van der Waals surface area contributed by atoms with Gasteiger partial charge in [-0.2, -0.15) is 0 Å². The molecule has 0 aromatic carbocycles. The first-order valence-electron chi connectivity index (χ1n) is 9.67. The molecule has 0 saturated heterocycles. The van der Waals surface area contributed by atoms with Crippen molar-refractivity contribution in [2.45, 2.75) is 91.3 Å². The second-order valence-corrected chi connectivity index (χ2v) is 9.12. The zero-order valence-corrected chi connectivity index (χ0v) is 17.4. The van der Waals surface area contributed by atoms with Gasteiger partial charge in [-0.1, -0.05) is 18.2 Å². The van der Waals surface area contributed by atoms with Crippen LogP contribution in [-0.4, -0.2) is 23.1 Å². The topological polar surface area (TPSA) is 52.6 Å². The van der Waals surface area contributed by atoms with E-state index in [0.29, 0.717) is 12.8 Å². The average molecular weight is 365 g/mol. The molecular weight excluding hydrogens is 328 g/mol. The van der Waals surface area contributed by atoms with E-state index in [4.69, 9.17) is 9.47 Å². The second-order valence-electron chi connectivity index (χ2n) is 9.12. The van der Waals surface area contributed by atoms with Gasteiger partial charge in [-0.15, -0.1) is 6.58 Å². The maximum absolute atomic E-state index is 13.3. The Morgan fingerprint density at radius 3 is 2.00 bits per heavy atom. The summed E-state index contributed by atoms with van der Waals surface area (Å²) in [5.41, 5.74) is -2.64. The first-order chi connectivity index (χ1) is 11.9. The van der Waals surface area contributed by atoms with Gasteiger partial charge in [0.15, 0.2) is 5.41 Å². The van der Waals surface area contributed by atoms with Crippen LogP contribution in [0, 0.1) is 11.3 Å². The van der Waals surface area contributed by atoms with Crippen LogP contribution in [0.3, 0.4) is 0 Å². The fourth-order valence-electron chi connectivity index (χ4n) is 3.26. The fourth-order valence-corrected chi connectivity index (χ4v) is 3.26. The molecule has 0 amide bonds. The lowest BCUT2D eigenvalue weighted by atomic mass is 9.68. The SMILES string of the molecule is C=CCCCC(C(=O)OC(C)(C)C)(C(=O)OC(C)(C)C)C1C=CCCC1. The molecule has 1 atom stereocenters. The first-order valence-corrected chi connectivity index (χ1v) is 9.67. The van der Waals surface area contributed by atoms with Crippen LogP contribution in [-0.2, 0) is 19.1 Å². The monoisotopic (exact) mass is 364 g/mol. The summed E-state index contributed by atoms with van der Waals surface area (Å²) >= 11 is 0. The highest BCUT2D eigenvalue weighted by atomic mass is 16.6. The van der Waals surface area contributed by atoms with Gasteiger partial charge in [-0.25, -0.2) is 0 Å². The van der Waals surface area contributed by atoms with Crippen molar-refractivity contribution in [2.24, 2.45) is 11.3 Å². The predicted molar refractivity (Wildman–Crippen MR) is 105 cm³/mol. The van der Waals surface area contributed by atoms with E-state index >= 15 is 0 Å². The van der Waals surface area contributed by atoms with Crippen molar-refractivity contribution in [1.29, 1.82) is 0 Å². The van der Waals surface area contributed by atoms with Crippen LogP contribution in [0.5, 0.6) is 0 Å². The summed E-state index contributed by atoms with van der Waals surface area (Å²) in [4.78, 5) is 26.6. The van der Waals surface area contributed by atoms with Crippen molar-refractivity contribution in [3.63, 3.8) is 0 Å². The lowest BCUT2D eigenvalue weighted by molar-refractivity contribution is -0.190. The third-order valence-electron chi connectivity index (χ3n) is 4.39. The van der Waals surface area contributed by atoms with Crippen molar-refractivity contribution in [3.8, 4) is 0 Å². The Hall–Kier alpha value is -1.58. The van der Waals surface area contributed by atoms with Crippen LogP contribution in [0.25, 0.3) is 0 Å². The first kappa shape index (κ1) is 22.5. The lowest BCUT2D eigenvalue weighted by Crippen LogP contribution is -2.51. The summed E-state index contributed by atoms with van der Waals surface area (Å²) in [5, 5.41) is 0. The molecule has 0 N–H and O–H groups in total. The Bertz CT molecular complexity index is 503. The largest absolute Gasteiger partial charge is 0.459 e. The van der Waals surface area contributed by atoms with Gasteiger partial charge in [-0.3, -0.25) is 9.59 Å².